The lowest BCUT2D eigenvalue weighted by Crippen LogP contribution is -2.31. The first kappa shape index (κ1) is 17.8. The second kappa shape index (κ2) is 8.31. The molecule has 0 aliphatic carbocycles. The summed E-state index contributed by atoms with van der Waals surface area (Å²) < 4.78 is 7.86. The average Bonchev–Trinajstić information content (AvgIpc) is 3.05. The van der Waals surface area contributed by atoms with Crippen molar-refractivity contribution >= 4 is 0 Å². The zero-order valence-corrected chi connectivity index (χ0v) is 15.2. The van der Waals surface area contributed by atoms with E-state index in [0.717, 1.165) is 50.7 Å². The number of rotatable bonds is 9. The van der Waals surface area contributed by atoms with Gasteiger partial charge < -0.3 is 9.32 Å². The van der Waals surface area contributed by atoms with Crippen LogP contribution in [0, 0.1) is 13.8 Å². The topological polar surface area (TPSA) is 37.4 Å². The number of furan rings is 1. The van der Waals surface area contributed by atoms with Gasteiger partial charge in [-0.15, -0.1) is 0 Å². The predicted octanol–water partition coefficient (Wildman–Crippen LogP) is 3.07. The first-order chi connectivity index (χ1) is 11.0. The molecule has 5 heteroatoms. The van der Waals surface area contributed by atoms with Crippen LogP contribution < -0.4 is 0 Å². The quantitative estimate of drug-likeness (QED) is 0.712. The van der Waals surface area contributed by atoms with E-state index in [1.54, 1.807) is 0 Å². The predicted molar refractivity (Wildman–Crippen MR) is 93.4 cm³/mol. The van der Waals surface area contributed by atoms with Crippen LogP contribution in [0.4, 0.5) is 0 Å². The number of nitrogens with zero attached hydrogens (tertiary/aromatic N) is 4. The maximum Gasteiger partial charge on any atom is 0.118 e. The Hall–Kier alpha value is -1.59. The lowest BCUT2D eigenvalue weighted by molar-refractivity contribution is 0.209. The van der Waals surface area contributed by atoms with Crippen LogP contribution in [0.1, 0.15) is 36.1 Å². The van der Waals surface area contributed by atoms with Crippen LogP contribution in [0.2, 0.25) is 0 Å². The molecule has 0 aromatic carbocycles. The van der Waals surface area contributed by atoms with Gasteiger partial charge in [-0.25, -0.2) is 0 Å². The maximum absolute atomic E-state index is 5.76. The Balaban J connectivity index is 2.07. The molecule has 0 saturated carbocycles. The van der Waals surface area contributed by atoms with Crippen molar-refractivity contribution in [2.45, 2.75) is 46.8 Å². The Morgan fingerprint density at radius 1 is 1.13 bits per heavy atom. The normalized spacial score (nSPS) is 11.8. The standard InChI is InChI=1S/C18H30N4O/c1-6-9-22-16(3)17(12-19-22)13-21(11-10-20(4)5)14-18-8-7-15(2)23-18/h7-8,12H,6,9-11,13-14H2,1-5H3. The molecule has 0 radical (unpaired) electrons. The third-order valence-corrected chi connectivity index (χ3v) is 4.07. The van der Waals surface area contributed by atoms with Crippen molar-refractivity contribution in [3.8, 4) is 0 Å². The van der Waals surface area contributed by atoms with E-state index in [0.29, 0.717) is 0 Å². The van der Waals surface area contributed by atoms with Crippen molar-refractivity contribution in [3.05, 3.63) is 41.1 Å². The van der Waals surface area contributed by atoms with Crippen molar-refractivity contribution in [2.75, 3.05) is 27.2 Å². The molecule has 0 aliphatic heterocycles. The molecule has 23 heavy (non-hydrogen) atoms. The Morgan fingerprint density at radius 3 is 2.52 bits per heavy atom. The first-order valence-corrected chi connectivity index (χ1v) is 8.43. The fraction of sp³-hybridized carbons (Fsp3) is 0.611. The van der Waals surface area contributed by atoms with Crippen molar-refractivity contribution < 1.29 is 4.42 Å². The highest BCUT2D eigenvalue weighted by Gasteiger charge is 2.14. The van der Waals surface area contributed by atoms with Gasteiger partial charge in [0, 0.05) is 37.4 Å². The van der Waals surface area contributed by atoms with Crippen LogP contribution in [0.15, 0.2) is 22.7 Å². The fourth-order valence-electron chi connectivity index (χ4n) is 2.66. The van der Waals surface area contributed by atoms with E-state index in [1.165, 1.54) is 11.3 Å². The summed E-state index contributed by atoms with van der Waals surface area (Å²) in [5.41, 5.74) is 2.58. The van der Waals surface area contributed by atoms with Crippen molar-refractivity contribution in [1.29, 1.82) is 0 Å². The summed E-state index contributed by atoms with van der Waals surface area (Å²) >= 11 is 0. The van der Waals surface area contributed by atoms with Crippen molar-refractivity contribution in [1.82, 2.24) is 19.6 Å². The molecule has 0 spiro atoms. The monoisotopic (exact) mass is 318 g/mol. The molecular formula is C18H30N4O. The second-order valence-electron chi connectivity index (χ2n) is 6.50. The van der Waals surface area contributed by atoms with Gasteiger partial charge in [0.2, 0.25) is 0 Å². The van der Waals surface area contributed by atoms with Gasteiger partial charge in [0.05, 0.1) is 12.7 Å². The highest BCUT2D eigenvalue weighted by atomic mass is 16.3. The van der Waals surface area contributed by atoms with Crippen LogP contribution in [-0.4, -0.2) is 46.8 Å². The minimum atomic E-state index is 0.833. The zero-order valence-electron chi connectivity index (χ0n) is 15.2. The van der Waals surface area contributed by atoms with E-state index < -0.39 is 0 Å². The Bertz CT molecular complexity index is 600. The van der Waals surface area contributed by atoms with Gasteiger partial charge in [0.1, 0.15) is 11.5 Å². The lowest BCUT2D eigenvalue weighted by atomic mass is 10.2. The summed E-state index contributed by atoms with van der Waals surface area (Å²) in [6.45, 7) is 11.1. The molecule has 0 aliphatic rings. The van der Waals surface area contributed by atoms with Crippen LogP contribution in [0.3, 0.4) is 0 Å². The fourth-order valence-corrected chi connectivity index (χ4v) is 2.66. The number of hydrogen-bond acceptors (Lipinski definition) is 4. The van der Waals surface area contributed by atoms with Gasteiger partial charge in [0.15, 0.2) is 0 Å². The largest absolute Gasteiger partial charge is 0.465 e. The average molecular weight is 318 g/mol. The molecule has 0 fully saturated rings. The van der Waals surface area contributed by atoms with E-state index in [-0.39, 0.29) is 0 Å². The van der Waals surface area contributed by atoms with Gasteiger partial charge in [-0.05, 0) is 46.5 Å². The maximum atomic E-state index is 5.76. The van der Waals surface area contributed by atoms with Gasteiger partial charge in [-0.1, -0.05) is 6.92 Å². The van der Waals surface area contributed by atoms with Gasteiger partial charge in [0.25, 0.3) is 0 Å². The molecule has 0 N–H and O–H groups in total. The highest BCUT2D eigenvalue weighted by molar-refractivity contribution is 5.16. The molecule has 0 amide bonds. The van der Waals surface area contributed by atoms with Gasteiger partial charge in [-0.3, -0.25) is 9.58 Å². The third kappa shape index (κ3) is 5.22. The molecule has 5 nitrogen and oxygen atoms in total. The molecule has 0 bridgehead atoms. The number of hydrogen-bond donors (Lipinski definition) is 0. The van der Waals surface area contributed by atoms with Crippen LogP contribution in [0.25, 0.3) is 0 Å². The van der Waals surface area contributed by atoms with E-state index in [1.807, 2.05) is 19.2 Å². The van der Waals surface area contributed by atoms with Crippen LogP contribution >= 0.6 is 0 Å². The summed E-state index contributed by atoms with van der Waals surface area (Å²) in [7, 11) is 4.22. The molecule has 2 heterocycles. The van der Waals surface area contributed by atoms with Crippen molar-refractivity contribution in [3.63, 3.8) is 0 Å². The summed E-state index contributed by atoms with van der Waals surface area (Å²) in [4.78, 5) is 4.65. The molecular weight excluding hydrogens is 288 g/mol. The summed E-state index contributed by atoms with van der Waals surface area (Å²) in [6.07, 6.45) is 3.12. The Labute approximate surface area is 139 Å². The number of aryl methyl sites for hydroxylation is 2. The molecule has 128 valence electrons. The Morgan fingerprint density at radius 2 is 1.91 bits per heavy atom. The van der Waals surface area contributed by atoms with Crippen molar-refractivity contribution in [2.24, 2.45) is 0 Å². The highest BCUT2D eigenvalue weighted by Crippen LogP contribution is 2.15. The SMILES string of the molecule is CCCn1ncc(CN(CCN(C)C)Cc2ccc(C)o2)c1C. The minimum absolute atomic E-state index is 0.833. The van der Waals surface area contributed by atoms with E-state index in [9.17, 15) is 0 Å². The molecule has 2 aromatic heterocycles. The third-order valence-electron chi connectivity index (χ3n) is 4.07. The van der Waals surface area contributed by atoms with Gasteiger partial charge in [-0.2, -0.15) is 5.10 Å². The molecule has 2 rings (SSSR count). The molecule has 0 unspecified atom stereocenters. The van der Waals surface area contributed by atoms with E-state index in [4.69, 9.17) is 4.42 Å². The van der Waals surface area contributed by atoms with E-state index in [2.05, 4.69) is 53.6 Å². The Kier molecular flexibility index (Phi) is 6.42. The van der Waals surface area contributed by atoms with Crippen LogP contribution in [0.5, 0.6) is 0 Å². The molecule has 0 atom stereocenters. The lowest BCUT2D eigenvalue weighted by Gasteiger charge is -2.23. The molecule has 2 aromatic rings. The zero-order chi connectivity index (χ0) is 16.8. The summed E-state index contributed by atoms with van der Waals surface area (Å²) in [5.74, 6) is 2.00. The van der Waals surface area contributed by atoms with E-state index >= 15 is 0 Å². The smallest absolute Gasteiger partial charge is 0.118 e. The first-order valence-electron chi connectivity index (χ1n) is 8.43. The number of aromatic nitrogens is 2. The minimum Gasteiger partial charge on any atom is -0.465 e. The van der Waals surface area contributed by atoms with Gasteiger partial charge >= 0.3 is 0 Å². The molecule has 0 saturated heterocycles. The second-order valence-corrected chi connectivity index (χ2v) is 6.50. The number of likely N-dealkylation sites (N-methyl/N-ethyl adjacent to an activating group) is 1. The summed E-state index contributed by atoms with van der Waals surface area (Å²) in [5, 5.41) is 4.52. The van der Waals surface area contributed by atoms with Crippen LogP contribution in [-0.2, 0) is 19.6 Å². The summed E-state index contributed by atoms with van der Waals surface area (Å²) in [6, 6.07) is 4.11.